The van der Waals surface area contributed by atoms with Gasteiger partial charge in [0.05, 0.1) is 0 Å². The van der Waals surface area contributed by atoms with Crippen LogP contribution >= 0.6 is 11.3 Å². The van der Waals surface area contributed by atoms with Crippen LogP contribution in [-0.4, -0.2) is 31.3 Å². The van der Waals surface area contributed by atoms with E-state index in [2.05, 4.69) is 15.1 Å². The van der Waals surface area contributed by atoms with E-state index < -0.39 is 10.0 Å². The van der Waals surface area contributed by atoms with Gasteiger partial charge in [-0.2, -0.15) is 5.10 Å². The maximum Gasteiger partial charge on any atom is 0.250 e. The van der Waals surface area contributed by atoms with E-state index in [-0.39, 0.29) is 0 Å². The molecule has 2 heterocycles. The highest BCUT2D eigenvalue weighted by molar-refractivity contribution is 7.91. The molecule has 0 fully saturated rings. The molecule has 0 amide bonds. The van der Waals surface area contributed by atoms with Crippen molar-refractivity contribution in [2.75, 3.05) is 13.1 Å². The zero-order valence-electron chi connectivity index (χ0n) is 11.9. The van der Waals surface area contributed by atoms with Crippen molar-refractivity contribution in [2.45, 2.75) is 30.6 Å². The van der Waals surface area contributed by atoms with E-state index in [0.717, 1.165) is 12.1 Å². The number of sulfonamides is 1. The summed E-state index contributed by atoms with van der Waals surface area (Å²) >= 11 is 1.25. The maximum absolute atomic E-state index is 12.1. The fourth-order valence-corrected chi connectivity index (χ4v) is 4.14. The molecule has 2 aromatic heterocycles. The van der Waals surface area contributed by atoms with Crippen molar-refractivity contribution in [3.8, 4) is 0 Å². The lowest BCUT2D eigenvalue weighted by atomic mass is 10.3. The number of hydrogen-bond acceptors (Lipinski definition) is 5. The normalized spacial score (nSPS) is 11.9. The van der Waals surface area contributed by atoms with Gasteiger partial charge in [-0.05, 0) is 36.0 Å². The summed E-state index contributed by atoms with van der Waals surface area (Å²) in [6.07, 6.45) is 4.28. The van der Waals surface area contributed by atoms with Crippen molar-refractivity contribution in [2.24, 2.45) is 0 Å². The molecule has 0 radical (unpaired) electrons. The largest absolute Gasteiger partial charge is 0.313 e. The molecule has 0 saturated heterocycles. The molecule has 0 aliphatic carbocycles. The van der Waals surface area contributed by atoms with E-state index in [9.17, 15) is 8.42 Å². The molecule has 2 N–H and O–H groups in total. The Bertz CT molecular complexity index is 635. The Morgan fingerprint density at radius 2 is 2.29 bits per heavy atom. The second-order valence-corrected chi connectivity index (χ2v) is 7.48. The maximum atomic E-state index is 12.1. The minimum atomic E-state index is -3.39. The number of aromatic nitrogens is 2. The lowest BCUT2D eigenvalue weighted by Crippen LogP contribution is -2.25. The van der Waals surface area contributed by atoms with Crippen molar-refractivity contribution in [1.29, 1.82) is 0 Å². The van der Waals surface area contributed by atoms with Gasteiger partial charge in [-0.1, -0.05) is 6.92 Å². The molecule has 116 valence electrons. The van der Waals surface area contributed by atoms with Crippen LogP contribution in [0.3, 0.4) is 0 Å². The SMILES string of the molecule is CCNCc1csc(S(=O)(=O)NCCCn2cccn2)c1. The van der Waals surface area contributed by atoms with Crippen LogP contribution in [0.25, 0.3) is 0 Å². The van der Waals surface area contributed by atoms with Gasteiger partial charge in [0.1, 0.15) is 4.21 Å². The second-order valence-electron chi connectivity index (χ2n) is 4.57. The van der Waals surface area contributed by atoms with Gasteiger partial charge in [-0.25, -0.2) is 13.1 Å². The zero-order valence-corrected chi connectivity index (χ0v) is 13.6. The molecular weight excluding hydrogens is 308 g/mol. The van der Waals surface area contributed by atoms with E-state index in [1.165, 1.54) is 11.3 Å². The van der Waals surface area contributed by atoms with Crippen molar-refractivity contribution in [1.82, 2.24) is 19.8 Å². The third kappa shape index (κ3) is 4.92. The molecule has 2 aromatic rings. The quantitative estimate of drug-likeness (QED) is 0.683. The molecule has 0 aliphatic heterocycles. The average molecular weight is 328 g/mol. The van der Waals surface area contributed by atoms with Crippen molar-refractivity contribution in [3.05, 3.63) is 35.5 Å². The van der Waals surface area contributed by atoms with Gasteiger partial charge in [-0.3, -0.25) is 4.68 Å². The molecular formula is C13H20N4O2S2. The molecule has 8 heteroatoms. The van der Waals surface area contributed by atoms with Gasteiger partial charge < -0.3 is 5.32 Å². The minimum absolute atomic E-state index is 0.370. The Labute approximate surface area is 129 Å². The van der Waals surface area contributed by atoms with Crippen LogP contribution in [0.15, 0.2) is 34.1 Å². The highest BCUT2D eigenvalue weighted by Crippen LogP contribution is 2.19. The summed E-state index contributed by atoms with van der Waals surface area (Å²) in [6, 6.07) is 3.57. The standard InChI is InChI=1S/C13H20N4O2S2/c1-2-14-10-12-9-13(20-11-12)21(18,19)16-6-4-8-17-7-3-5-15-17/h3,5,7,9,11,14,16H,2,4,6,8,10H2,1H3. The number of aryl methyl sites for hydroxylation is 1. The predicted molar refractivity (Wildman–Crippen MR) is 83.7 cm³/mol. The van der Waals surface area contributed by atoms with Crippen molar-refractivity contribution in [3.63, 3.8) is 0 Å². The van der Waals surface area contributed by atoms with Gasteiger partial charge >= 0.3 is 0 Å². The lowest BCUT2D eigenvalue weighted by Gasteiger charge is -2.05. The molecule has 6 nitrogen and oxygen atoms in total. The molecule has 0 saturated carbocycles. The van der Waals surface area contributed by atoms with Gasteiger partial charge in [0.2, 0.25) is 10.0 Å². The fourth-order valence-electron chi connectivity index (χ4n) is 1.81. The number of nitrogens with zero attached hydrogens (tertiary/aromatic N) is 2. The van der Waals surface area contributed by atoms with Gasteiger partial charge in [0.25, 0.3) is 0 Å². The molecule has 0 aromatic carbocycles. The lowest BCUT2D eigenvalue weighted by molar-refractivity contribution is 0.554. The number of rotatable bonds is 9. The number of thiophene rings is 1. The first-order valence-electron chi connectivity index (χ1n) is 6.87. The van der Waals surface area contributed by atoms with Crippen LogP contribution in [0.2, 0.25) is 0 Å². The summed E-state index contributed by atoms with van der Waals surface area (Å²) in [5.41, 5.74) is 0.999. The third-order valence-electron chi connectivity index (χ3n) is 2.89. The number of nitrogens with one attached hydrogen (secondary N) is 2. The molecule has 21 heavy (non-hydrogen) atoms. The van der Waals surface area contributed by atoms with Gasteiger partial charge in [-0.15, -0.1) is 11.3 Å². The van der Waals surface area contributed by atoms with Crippen LogP contribution in [-0.2, 0) is 23.1 Å². The second kappa shape index (κ2) is 7.69. The molecule has 0 spiro atoms. The molecule has 0 unspecified atom stereocenters. The predicted octanol–water partition coefficient (Wildman–Crippen LogP) is 1.42. The Balaban J connectivity index is 1.82. The van der Waals surface area contributed by atoms with Crippen LogP contribution in [0.4, 0.5) is 0 Å². The average Bonchev–Trinajstić information content (AvgIpc) is 3.13. The number of hydrogen-bond donors (Lipinski definition) is 2. The van der Waals surface area contributed by atoms with Gasteiger partial charge in [0.15, 0.2) is 0 Å². The fraction of sp³-hybridized carbons (Fsp3) is 0.462. The zero-order chi connectivity index (χ0) is 15.1. The van der Waals surface area contributed by atoms with Crippen molar-refractivity contribution >= 4 is 21.4 Å². The summed E-state index contributed by atoms with van der Waals surface area (Å²) in [4.78, 5) is 0. The van der Waals surface area contributed by atoms with E-state index in [4.69, 9.17) is 0 Å². The third-order valence-corrected chi connectivity index (χ3v) is 5.84. The Morgan fingerprint density at radius 3 is 3.00 bits per heavy atom. The smallest absolute Gasteiger partial charge is 0.250 e. The monoisotopic (exact) mass is 328 g/mol. The van der Waals surface area contributed by atoms with Crippen LogP contribution in [0.1, 0.15) is 18.9 Å². The summed E-state index contributed by atoms with van der Waals surface area (Å²) in [6.45, 7) is 4.69. The summed E-state index contributed by atoms with van der Waals surface area (Å²) in [5, 5.41) is 9.13. The molecule has 0 atom stereocenters. The van der Waals surface area contributed by atoms with Crippen molar-refractivity contribution < 1.29 is 8.42 Å². The Hall–Kier alpha value is -1.22. The highest BCUT2D eigenvalue weighted by Gasteiger charge is 2.15. The summed E-state index contributed by atoms with van der Waals surface area (Å²) in [5.74, 6) is 0. The van der Waals surface area contributed by atoms with Crippen LogP contribution in [0.5, 0.6) is 0 Å². The first-order chi connectivity index (χ1) is 10.1. The molecule has 0 aliphatic rings. The van der Waals surface area contributed by atoms with Gasteiger partial charge in [0, 0.05) is 32.0 Å². The van der Waals surface area contributed by atoms with E-state index in [0.29, 0.717) is 30.3 Å². The van der Waals surface area contributed by atoms with E-state index >= 15 is 0 Å². The van der Waals surface area contributed by atoms with Crippen LogP contribution in [0, 0.1) is 0 Å². The first kappa shape index (κ1) is 16.2. The molecule has 2 rings (SSSR count). The Kier molecular flexibility index (Phi) is 5.92. The minimum Gasteiger partial charge on any atom is -0.313 e. The van der Waals surface area contributed by atoms with E-state index in [1.807, 2.05) is 24.6 Å². The highest BCUT2D eigenvalue weighted by atomic mass is 32.2. The topological polar surface area (TPSA) is 76.0 Å². The summed E-state index contributed by atoms with van der Waals surface area (Å²) in [7, 11) is -3.39. The van der Waals surface area contributed by atoms with E-state index in [1.54, 1.807) is 16.9 Å². The Morgan fingerprint density at radius 1 is 1.43 bits per heavy atom. The van der Waals surface area contributed by atoms with Crippen LogP contribution < -0.4 is 10.0 Å². The summed E-state index contributed by atoms with van der Waals surface area (Å²) < 4.78 is 29.1. The molecule has 0 bridgehead atoms. The first-order valence-corrected chi connectivity index (χ1v) is 9.23.